The molecule has 0 atom stereocenters. The Kier molecular flexibility index (Phi) is 3.56. The van der Waals surface area contributed by atoms with Crippen LogP contribution in [0, 0.1) is 39.3 Å². The quantitative estimate of drug-likeness (QED) is 0.740. The van der Waals surface area contributed by atoms with Crippen molar-refractivity contribution in [3.05, 3.63) is 58.2 Å². The van der Waals surface area contributed by atoms with E-state index in [0.29, 0.717) is 22.6 Å². The molecule has 2 rings (SSSR count). The Labute approximate surface area is 111 Å². The van der Waals surface area contributed by atoms with Gasteiger partial charge in [-0.3, -0.25) is 0 Å². The fourth-order valence-electron chi connectivity index (χ4n) is 2.02. The Morgan fingerprint density at radius 2 is 1.05 bits per heavy atom. The average molecular weight is 262 g/mol. The molecule has 1 nitrogen and oxygen atoms in total. The van der Waals surface area contributed by atoms with Crippen molar-refractivity contribution in [2.75, 3.05) is 0 Å². The van der Waals surface area contributed by atoms with Crippen LogP contribution in [-0.2, 0) is 0 Å². The van der Waals surface area contributed by atoms with Gasteiger partial charge in [0.05, 0.1) is 0 Å². The molecule has 0 spiro atoms. The summed E-state index contributed by atoms with van der Waals surface area (Å²) in [4.78, 5) is 0. The smallest absolute Gasteiger partial charge is 0.136 e. The monoisotopic (exact) mass is 262 g/mol. The second-order valence-electron chi connectivity index (χ2n) is 4.74. The van der Waals surface area contributed by atoms with Crippen molar-refractivity contribution in [1.29, 1.82) is 0 Å². The standard InChI is InChI=1S/C16H16F2O/c1-9-5-7-13(17)11(3)15(9)19-16-10(2)6-8-14(18)12(16)4/h5-8H,1-4H3. The van der Waals surface area contributed by atoms with Crippen LogP contribution in [0.4, 0.5) is 8.78 Å². The lowest BCUT2D eigenvalue weighted by molar-refractivity contribution is 0.454. The molecule has 100 valence electrons. The zero-order valence-corrected chi connectivity index (χ0v) is 11.5. The van der Waals surface area contributed by atoms with Crippen molar-refractivity contribution < 1.29 is 13.5 Å². The van der Waals surface area contributed by atoms with Gasteiger partial charge < -0.3 is 4.74 Å². The summed E-state index contributed by atoms with van der Waals surface area (Å²) in [5.41, 5.74) is 2.51. The summed E-state index contributed by atoms with van der Waals surface area (Å²) in [6.45, 7) is 6.99. The second kappa shape index (κ2) is 5.00. The minimum Gasteiger partial charge on any atom is -0.456 e. The van der Waals surface area contributed by atoms with E-state index in [1.807, 2.05) is 13.8 Å². The van der Waals surface area contributed by atoms with E-state index in [1.54, 1.807) is 26.0 Å². The van der Waals surface area contributed by atoms with Crippen LogP contribution >= 0.6 is 0 Å². The van der Waals surface area contributed by atoms with Gasteiger partial charge in [-0.1, -0.05) is 12.1 Å². The van der Waals surface area contributed by atoms with Crippen LogP contribution in [0.2, 0.25) is 0 Å². The highest BCUT2D eigenvalue weighted by Gasteiger charge is 2.14. The van der Waals surface area contributed by atoms with Gasteiger partial charge in [0.1, 0.15) is 23.1 Å². The molecule has 19 heavy (non-hydrogen) atoms. The molecule has 0 N–H and O–H groups in total. The summed E-state index contributed by atoms with van der Waals surface area (Å²) in [5, 5.41) is 0. The predicted molar refractivity (Wildman–Crippen MR) is 71.8 cm³/mol. The van der Waals surface area contributed by atoms with Crippen molar-refractivity contribution >= 4 is 0 Å². The molecule has 0 fully saturated rings. The van der Waals surface area contributed by atoms with Crippen LogP contribution in [0.3, 0.4) is 0 Å². The molecule has 0 saturated carbocycles. The summed E-state index contributed by atoms with van der Waals surface area (Å²) in [6, 6.07) is 6.12. The van der Waals surface area contributed by atoms with E-state index < -0.39 is 0 Å². The zero-order valence-electron chi connectivity index (χ0n) is 11.5. The van der Waals surface area contributed by atoms with Crippen LogP contribution in [0.25, 0.3) is 0 Å². The third-order valence-electron chi connectivity index (χ3n) is 3.28. The molecule has 0 heterocycles. The van der Waals surface area contributed by atoms with E-state index in [1.165, 1.54) is 12.1 Å². The minimum atomic E-state index is -0.327. The highest BCUT2D eigenvalue weighted by molar-refractivity contribution is 5.48. The average Bonchev–Trinajstić information content (AvgIpc) is 2.38. The highest BCUT2D eigenvalue weighted by atomic mass is 19.1. The molecule has 2 aromatic carbocycles. The predicted octanol–water partition coefficient (Wildman–Crippen LogP) is 4.99. The summed E-state index contributed by atoms with van der Waals surface area (Å²) < 4.78 is 33.0. The van der Waals surface area contributed by atoms with E-state index in [2.05, 4.69) is 0 Å². The molecule has 0 aliphatic rings. The summed E-state index contributed by atoms with van der Waals surface area (Å²) in [5.74, 6) is 0.258. The summed E-state index contributed by atoms with van der Waals surface area (Å²) in [6.07, 6.45) is 0. The molecule has 0 aromatic heterocycles. The molecule has 3 heteroatoms. The fraction of sp³-hybridized carbons (Fsp3) is 0.250. The van der Waals surface area contributed by atoms with E-state index in [-0.39, 0.29) is 11.6 Å². The third-order valence-corrected chi connectivity index (χ3v) is 3.28. The number of aryl methyl sites for hydroxylation is 2. The van der Waals surface area contributed by atoms with Crippen molar-refractivity contribution in [3.8, 4) is 11.5 Å². The molecule has 0 bridgehead atoms. The highest BCUT2D eigenvalue weighted by Crippen LogP contribution is 2.34. The fourth-order valence-corrected chi connectivity index (χ4v) is 2.02. The third kappa shape index (κ3) is 2.46. The van der Waals surface area contributed by atoms with Gasteiger partial charge in [-0.2, -0.15) is 0 Å². The van der Waals surface area contributed by atoms with Gasteiger partial charge in [0.25, 0.3) is 0 Å². The number of hydrogen-bond donors (Lipinski definition) is 0. The number of rotatable bonds is 2. The molecular weight excluding hydrogens is 246 g/mol. The van der Waals surface area contributed by atoms with Crippen LogP contribution in [0.15, 0.2) is 24.3 Å². The van der Waals surface area contributed by atoms with Crippen molar-refractivity contribution in [2.24, 2.45) is 0 Å². The van der Waals surface area contributed by atoms with Crippen molar-refractivity contribution in [3.63, 3.8) is 0 Å². The minimum absolute atomic E-state index is 0.327. The lowest BCUT2D eigenvalue weighted by Gasteiger charge is -2.16. The van der Waals surface area contributed by atoms with Gasteiger partial charge >= 0.3 is 0 Å². The second-order valence-corrected chi connectivity index (χ2v) is 4.74. The molecule has 0 aliphatic heterocycles. The van der Waals surface area contributed by atoms with Gasteiger partial charge in [-0.25, -0.2) is 8.78 Å². The lowest BCUT2D eigenvalue weighted by Crippen LogP contribution is -1.98. The molecule has 0 saturated heterocycles. The maximum absolute atomic E-state index is 13.6. The maximum Gasteiger partial charge on any atom is 0.136 e. The topological polar surface area (TPSA) is 9.23 Å². The molecule has 0 aliphatic carbocycles. The van der Waals surface area contributed by atoms with Crippen molar-refractivity contribution in [2.45, 2.75) is 27.7 Å². The molecular formula is C16H16F2O. The number of hydrogen-bond acceptors (Lipinski definition) is 1. The van der Waals surface area contributed by atoms with Crippen LogP contribution in [0.1, 0.15) is 22.3 Å². The van der Waals surface area contributed by atoms with Gasteiger partial charge in [0.2, 0.25) is 0 Å². The molecule has 0 amide bonds. The van der Waals surface area contributed by atoms with E-state index in [9.17, 15) is 8.78 Å². The first-order chi connectivity index (χ1) is 8.91. The van der Waals surface area contributed by atoms with E-state index in [4.69, 9.17) is 4.74 Å². The van der Waals surface area contributed by atoms with Crippen LogP contribution in [-0.4, -0.2) is 0 Å². The number of ether oxygens (including phenoxy) is 1. The number of benzene rings is 2. The summed E-state index contributed by atoms with van der Waals surface area (Å²) >= 11 is 0. The first-order valence-electron chi connectivity index (χ1n) is 6.11. The van der Waals surface area contributed by atoms with Crippen LogP contribution < -0.4 is 4.74 Å². The molecule has 0 radical (unpaired) electrons. The van der Waals surface area contributed by atoms with E-state index >= 15 is 0 Å². The Morgan fingerprint density at radius 3 is 1.42 bits per heavy atom. The van der Waals surface area contributed by atoms with Gasteiger partial charge in [-0.15, -0.1) is 0 Å². The lowest BCUT2D eigenvalue weighted by atomic mass is 10.1. The number of halogens is 2. The SMILES string of the molecule is Cc1ccc(F)c(C)c1Oc1c(C)ccc(F)c1C. The molecule has 2 aromatic rings. The van der Waals surface area contributed by atoms with Gasteiger partial charge in [0.15, 0.2) is 0 Å². The Morgan fingerprint density at radius 1 is 0.684 bits per heavy atom. The first kappa shape index (κ1) is 13.5. The van der Waals surface area contributed by atoms with Gasteiger partial charge in [-0.05, 0) is 51.0 Å². The van der Waals surface area contributed by atoms with E-state index in [0.717, 1.165) is 11.1 Å². The largest absolute Gasteiger partial charge is 0.456 e. The maximum atomic E-state index is 13.6. The first-order valence-corrected chi connectivity index (χ1v) is 6.11. The molecule has 0 unspecified atom stereocenters. The normalized spacial score (nSPS) is 10.6. The zero-order chi connectivity index (χ0) is 14.2. The van der Waals surface area contributed by atoms with Crippen molar-refractivity contribution in [1.82, 2.24) is 0 Å². The Bertz CT molecular complexity index is 578. The Balaban J connectivity index is 2.54. The van der Waals surface area contributed by atoms with Gasteiger partial charge in [0, 0.05) is 11.1 Å². The Hall–Kier alpha value is -1.90. The van der Waals surface area contributed by atoms with Crippen LogP contribution in [0.5, 0.6) is 11.5 Å². The summed E-state index contributed by atoms with van der Waals surface area (Å²) in [7, 11) is 0.